The van der Waals surface area contributed by atoms with Crippen molar-refractivity contribution < 1.29 is 66.7 Å². The molecule has 78 heavy (non-hydrogen) atoms. The fourth-order valence-electron chi connectivity index (χ4n) is 12.2. The van der Waals surface area contributed by atoms with Crippen molar-refractivity contribution in [3.63, 3.8) is 0 Å². The van der Waals surface area contributed by atoms with Gasteiger partial charge in [-0.05, 0) is 43.2 Å². The molecule has 0 radical (unpaired) electrons. The minimum Gasteiger partial charge on any atom is -0.382 e. The van der Waals surface area contributed by atoms with Gasteiger partial charge in [-0.25, -0.2) is 0 Å². The summed E-state index contributed by atoms with van der Waals surface area (Å²) in [7, 11) is 3.42. The number of nitrogens with two attached hydrogens (primary N) is 1. The first kappa shape index (κ1) is 53.2. The normalized spacial score (nSPS) is 22.5. The van der Waals surface area contributed by atoms with E-state index in [1.165, 1.54) is 0 Å². The van der Waals surface area contributed by atoms with Crippen molar-refractivity contribution in [3.05, 3.63) is 89.0 Å². The molecule has 2 fully saturated rings. The molecule has 22 heteroatoms. The highest BCUT2D eigenvalue weighted by Gasteiger charge is 2.59. The fraction of sp³-hybridized carbons (Fsp3) is 0.464. The third kappa shape index (κ3) is 9.27. The second kappa shape index (κ2) is 22.1. The molecule has 2 bridgehead atoms. The third-order valence-corrected chi connectivity index (χ3v) is 15.6. The smallest absolute Gasteiger partial charge is 0.264 e. The van der Waals surface area contributed by atoms with E-state index in [-0.39, 0.29) is 55.2 Å². The molecule has 0 aliphatic carbocycles. The zero-order valence-corrected chi connectivity index (χ0v) is 43.9. The van der Waals surface area contributed by atoms with Gasteiger partial charge >= 0.3 is 0 Å². The monoisotopic (exact) mass is 1070 g/mol. The standard InChI is InChI=1S/C56H64N8O14/c1-55-50(71-3)41(31-56(57,78-55)64-39-14-7-5-10-34(39)46-47-36(32-59-52(47)68)44-33-9-4-6-13-38(33)63(55)48(44)49(46)64)61(2)43(66)17-19-72-21-23-74-25-27-76-29-30-77-28-26-75-24-22-73-20-18-58-37-12-8-11-35-45(37)54(70)62(53(35)69)40-15-16-42(65)60-51(40)67/h4-14,40-41,50,58H,15-32,57H2,1-3H3,(H,59,68)(H,60,65,67)/t40?,41-,50-,55+,56+/m1/s1. The number of nitrogens with one attached hydrogen (secondary N) is 3. The number of rotatable bonds is 25. The highest BCUT2D eigenvalue weighted by Crippen LogP contribution is 2.55. The number of hydrogen-bond acceptors (Lipinski definition) is 16. The zero-order chi connectivity index (χ0) is 54.3. The molecule has 0 spiro atoms. The molecule has 2 aromatic heterocycles. The predicted octanol–water partition coefficient (Wildman–Crippen LogP) is 3.67. The fourth-order valence-corrected chi connectivity index (χ4v) is 12.2. The van der Waals surface area contributed by atoms with Crippen LogP contribution < -0.4 is 21.7 Å². The maximum Gasteiger partial charge on any atom is 0.264 e. The molecular formula is C56H64N8O14. The Bertz CT molecular complexity index is 3360. The summed E-state index contributed by atoms with van der Waals surface area (Å²) in [6.45, 7) is 6.86. The molecule has 11 rings (SSSR count). The number of piperidine rings is 1. The van der Waals surface area contributed by atoms with E-state index in [1.807, 2.05) is 47.9 Å². The molecule has 5 atom stereocenters. The lowest BCUT2D eigenvalue weighted by Gasteiger charge is -2.54. The van der Waals surface area contributed by atoms with E-state index in [0.717, 1.165) is 54.1 Å². The number of methoxy groups -OCH3 is 1. The first-order valence-corrected chi connectivity index (χ1v) is 26.5. The van der Waals surface area contributed by atoms with Gasteiger partial charge in [0, 0.05) is 67.3 Å². The molecule has 4 aromatic carbocycles. The average Bonchev–Trinajstić information content (AvgIpc) is 3.61. The number of ether oxygens (including phenoxy) is 8. The van der Waals surface area contributed by atoms with Gasteiger partial charge in [0.25, 0.3) is 17.7 Å². The van der Waals surface area contributed by atoms with Crippen molar-refractivity contribution in [1.29, 1.82) is 0 Å². The van der Waals surface area contributed by atoms with Gasteiger partial charge in [-0.1, -0.05) is 42.5 Å². The quantitative estimate of drug-likeness (QED) is 0.0471. The molecule has 6 amide bonds. The van der Waals surface area contributed by atoms with Crippen molar-refractivity contribution in [2.75, 3.05) is 105 Å². The molecular weight excluding hydrogens is 1010 g/mol. The van der Waals surface area contributed by atoms with Gasteiger partial charge < -0.3 is 58.0 Å². The number of anilines is 1. The number of fused-ring (bicyclic) bond motifs is 14. The molecule has 7 heterocycles. The summed E-state index contributed by atoms with van der Waals surface area (Å²) in [5.41, 5.74) is 12.3. The Morgan fingerprint density at radius 3 is 1.97 bits per heavy atom. The van der Waals surface area contributed by atoms with Crippen LogP contribution in [-0.2, 0) is 70.4 Å². The number of likely N-dealkylation sites (N-methyl/N-ethyl adjacent to an activating group) is 1. The van der Waals surface area contributed by atoms with Crippen molar-refractivity contribution in [1.82, 2.24) is 29.6 Å². The Kier molecular flexibility index (Phi) is 15.1. The van der Waals surface area contributed by atoms with Gasteiger partial charge in [-0.2, -0.15) is 0 Å². The van der Waals surface area contributed by atoms with Crippen LogP contribution in [0.25, 0.3) is 43.6 Å². The van der Waals surface area contributed by atoms with E-state index in [1.54, 1.807) is 37.3 Å². The van der Waals surface area contributed by atoms with Gasteiger partial charge in [-0.15, -0.1) is 0 Å². The Balaban J connectivity index is 0.572. The summed E-state index contributed by atoms with van der Waals surface area (Å²) < 4.78 is 51.8. The Hall–Kier alpha value is -6.86. The second-order valence-corrected chi connectivity index (χ2v) is 20.1. The molecule has 2 saturated heterocycles. The number of carbonyl (C=O) groups is 6. The van der Waals surface area contributed by atoms with Crippen molar-refractivity contribution in [3.8, 4) is 0 Å². The largest absolute Gasteiger partial charge is 0.382 e. The Morgan fingerprint density at radius 2 is 1.33 bits per heavy atom. The summed E-state index contributed by atoms with van der Waals surface area (Å²) in [6.07, 6.45) is -0.184. The highest BCUT2D eigenvalue weighted by atomic mass is 16.6. The number of imide groups is 2. The van der Waals surface area contributed by atoms with Gasteiger partial charge in [0.05, 0.1) is 131 Å². The topological polar surface area (TPSA) is 255 Å². The summed E-state index contributed by atoms with van der Waals surface area (Å²) >= 11 is 0. The Morgan fingerprint density at radius 1 is 0.744 bits per heavy atom. The maximum absolute atomic E-state index is 14.1. The van der Waals surface area contributed by atoms with Crippen LogP contribution in [0.4, 0.5) is 5.69 Å². The predicted molar refractivity (Wildman–Crippen MR) is 284 cm³/mol. The first-order chi connectivity index (χ1) is 37.9. The van der Waals surface area contributed by atoms with Crippen LogP contribution in [0.15, 0.2) is 66.7 Å². The molecule has 6 aromatic rings. The summed E-state index contributed by atoms with van der Waals surface area (Å²) in [5, 5.41) is 12.1. The van der Waals surface area contributed by atoms with E-state index in [2.05, 4.69) is 32.7 Å². The summed E-state index contributed by atoms with van der Waals surface area (Å²) in [6, 6.07) is 19.4. The number of carbonyl (C=O) groups excluding carboxylic acids is 6. The lowest BCUT2D eigenvalue weighted by atomic mass is 9.89. The lowest BCUT2D eigenvalue weighted by Crippen LogP contribution is -2.68. The molecule has 5 aliphatic heterocycles. The summed E-state index contributed by atoms with van der Waals surface area (Å²) in [5.74, 6) is -3.93. The summed E-state index contributed by atoms with van der Waals surface area (Å²) in [4.78, 5) is 80.8. The Labute approximate surface area is 448 Å². The number of nitrogens with zero attached hydrogens (tertiary/aromatic N) is 4. The zero-order valence-electron chi connectivity index (χ0n) is 43.9. The molecule has 0 saturated carbocycles. The van der Waals surface area contributed by atoms with Gasteiger partial charge in [0.15, 0.2) is 5.72 Å². The second-order valence-electron chi connectivity index (χ2n) is 20.1. The van der Waals surface area contributed by atoms with Crippen molar-refractivity contribution in [2.24, 2.45) is 5.73 Å². The van der Waals surface area contributed by atoms with Crippen molar-refractivity contribution >= 4 is 84.7 Å². The maximum atomic E-state index is 14.1. The van der Waals surface area contributed by atoms with Crippen LogP contribution in [0.3, 0.4) is 0 Å². The minimum absolute atomic E-state index is 0.0519. The molecule has 5 aliphatic rings. The SMILES string of the molecule is CO[C@@H]1[C@H](N(C)C(=O)CCOCCOCCOCCOCCOCCOCCNc2cccc3c2C(=O)N(C2CCC(=O)NC2=O)C3=O)C[C@@]2(N)O[C@]1(C)n1c3ccccc3c3c4c(c5c6ccccc6n2c5c31)C(=O)NC4. The van der Waals surface area contributed by atoms with Crippen LogP contribution in [0.1, 0.15) is 69.2 Å². The highest BCUT2D eigenvalue weighted by molar-refractivity contribution is 6.31. The molecule has 1 unspecified atom stereocenters. The van der Waals surface area contributed by atoms with E-state index in [9.17, 15) is 28.8 Å². The van der Waals surface area contributed by atoms with Crippen LogP contribution in [0.5, 0.6) is 0 Å². The molecule has 22 nitrogen and oxygen atoms in total. The number of amides is 6. The number of benzene rings is 4. The van der Waals surface area contributed by atoms with Gasteiger partial charge in [-0.3, -0.25) is 49.3 Å². The number of para-hydroxylation sites is 2. The average molecular weight is 1070 g/mol. The van der Waals surface area contributed by atoms with Crippen LogP contribution >= 0.6 is 0 Å². The van der Waals surface area contributed by atoms with E-state index < -0.39 is 53.4 Å². The lowest BCUT2D eigenvalue weighted by molar-refractivity contribution is -0.311. The number of aromatic nitrogens is 2. The van der Waals surface area contributed by atoms with E-state index in [0.29, 0.717) is 97.0 Å². The van der Waals surface area contributed by atoms with Crippen molar-refractivity contribution in [2.45, 2.75) is 68.9 Å². The van der Waals surface area contributed by atoms with Crippen LogP contribution in [-0.4, -0.2) is 173 Å². The molecule has 5 N–H and O–H groups in total. The first-order valence-electron chi connectivity index (χ1n) is 26.5. The van der Waals surface area contributed by atoms with Gasteiger partial charge in [0.2, 0.25) is 23.6 Å². The van der Waals surface area contributed by atoms with E-state index in [4.69, 9.17) is 43.6 Å². The van der Waals surface area contributed by atoms with Gasteiger partial charge in [0.1, 0.15) is 12.1 Å². The minimum atomic E-state index is -1.46. The third-order valence-electron chi connectivity index (χ3n) is 15.6. The number of hydrogen-bond donors (Lipinski definition) is 4. The van der Waals surface area contributed by atoms with Crippen LogP contribution in [0, 0.1) is 0 Å². The molecule has 412 valence electrons. The van der Waals surface area contributed by atoms with Crippen LogP contribution in [0.2, 0.25) is 0 Å². The van der Waals surface area contributed by atoms with E-state index >= 15 is 0 Å².